The number of rotatable bonds is 4. The molecule has 0 unspecified atom stereocenters. The Labute approximate surface area is 170 Å². The highest BCUT2D eigenvalue weighted by atomic mass is 16.5. The van der Waals surface area contributed by atoms with Crippen molar-refractivity contribution in [3.05, 3.63) is 41.3 Å². The highest BCUT2D eigenvalue weighted by molar-refractivity contribution is 5.96. The van der Waals surface area contributed by atoms with Crippen LogP contribution in [0.3, 0.4) is 0 Å². The van der Waals surface area contributed by atoms with Gasteiger partial charge in [0.1, 0.15) is 0 Å². The number of pyridine rings is 1. The fourth-order valence-electron chi connectivity index (χ4n) is 3.88. The highest BCUT2D eigenvalue weighted by Crippen LogP contribution is 2.20. The van der Waals surface area contributed by atoms with Crippen LogP contribution in [-0.2, 0) is 13.0 Å². The largest absolute Gasteiger partial charge is 0.475 e. The average molecular weight is 397 g/mol. The van der Waals surface area contributed by atoms with Gasteiger partial charge in [-0.25, -0.2) is 4.98 Å². The fraction of sp³-hybridized carbons (Fsp3) is 0.524. The standard InChI is InChI=1S/C21H27N5O3/c1-15(2)29-19-7-6-16(13-22-19)20(27)24-9-11-25(12-10-24)21(28)17-14-23-26-8-4-3-5-18(17)26/h6-7,13-15H,3-5,8-12H2,1-2H3. The summed E-state index contributed by atoms with van der Waals surface area (Å²) in [5.74, 6) is 0.470. The predicted octanol–water partition coefficient (Wildman–Crippen LogP) is 2.00. The van der Waals surface area contributed by atoms with Crippen LogP contribution in [0.2, 0.25) is 0 Å². The highest BCUT2D eigenvalue weighted by Gasteiger charge is 2.28. The summed E-state index contributed by atoms with van der Waals surface area (Å²) in [7, 11) is 0. The molecule has 2 aliphatic rings. The van der Waals surface area contributed by atoms with Crippen LogP contribution in [-0.4, -0.2) is 68.7 Å². The van der Waals surface area contributed by atoms with Gasteiger partial charge in [0.2, 0.25) is 5.88 Å². The first-order valence-electron chi connectivity index (χ1n) is 10.3. The lowest BCUT2D eigenvalue weighted by atomic mass is 10.1. The Balaban J connectivity index is 1.36. The molecule has 4 heterocycles. The van der Waals surface area contributed by atoms with Gasteiger partial charge in [0, 0.05) is 45.0 Å². The summed E-state index contributed by atoms with van der Waals surface area (Å²) >= 11 is 0. The van der Waals surface area contributed by atoms with E-state index in [4.69, 9.17) is 4.74 Å². The lowest BCUT2D eigenvalue weighted by Gasteiger charge is -2.34. The van der Waals surface area contributed by atoms with Gasteiger partial charge in [-0.2, -0.15) is 5.10 Å². The molecule has 29 heavy (non-hydrogen) atoms. The molecule has 0 radical (unpaired) electrons. The first-order valence-corrected chi connectivity index (χ1v) is 10.3. The lowest BCUT2D eigenvalue weighted by Crippen LogP contribution is -2.50. The van der Waals surface area contributed by atoms with E-state index in [1.807, 2.05) is 23.4 Å². The summed E-state index contributed by atoms with van der Waals surface area (Å²) in [5, 5.41) is 4.37. The molecule has 0 atom stereocenters. The van der Waals surface area contributed by atoms with Gasteiger partial charge in [-0.15, -0.1) is 0 Å². The number of amides is 2. The molecule has 0 aromatic carbocycles. The third kappa shape index (κ3) is 4.11. The van der Waals surface area contributed by atoms with Gasteiger partial charge in [-0.05, 0) is 39.2 Å². The first kappa shape index (κ1) is 19.4. The zero-order valence-corrected chi connectivity index (χ0v) is 17.0. The summed E-state index contributed by atoms with van der Waals surface area (Å²) in [5.41, 5.74) is 2.30. The Morgan fingerprint density at radius 1 is 0.966 bits per heavy atom. The third-order valence-electron chi connectivity index (χ3n) is 5.41. The minimum absolute atomic E-state index is 0.0251. The number of carbonyl (C=O) groups is 2. The van der Waals surface area contributed by atoms with Crippen LogP contribution in [0.5, 0.6) is 5.88 Å². The van der Waals surface area contributed by atoms with E-state index in [2.05, 4.69) is 10.1 Å². The van der Waals surface area contributed by atoms with Crippen molar-refractivity contribution in [2.45, 2.75) is 45.8 Å². The van der Waals surface area contributed by atoms with Crippen LogP contribution in [0.4, 0.5) is 0 Å². The van der Waals surface area contributed by atoms with E-state index in [0.29, 0.717) is 37.6 Å². The van der Waals surface area contributed by atoms with E-state index < -0.39 is 0 Å². The number of fused-ring (bicyclic) bond motifs is 1. The summed E-state index contributed by atoms with van der Waals surface area (Å²) < 4.78 is 7.48. The molecule has 4 rings (SSSR count). The lowest BCUT2D eigenvalue weighted by molar-refractivity contribution is 0.0534. The Kier molecular flexibility index (Phi) is 5.51. The Hall–Kier alpha value is -2.90. The second-order valence-corrected chi connectivity index (χ2v) is 7.82. The Bertz CT molecular complexity index is 882. The molecule has 0 N–H and O–H groups in total. The minimum atomic E-state index is -0.0661. The van der Waals surface area contributed by atoms with Crippen molar-refractivity contribution < 1.29 is 14.3 Å². The van der Waals surface area contributed by atoms with Gasteiger partial charge < -0.3 is 14.5 Å². The van der Waals surface area contributed by atoms with Crippen molar-refractivity contribution in [2.24, 2.45) is 0 Å². The van der Waals surface area contributed by atoms with Crippen molar-refractivity contribution in [2.75, 3.05) is 26.2 Å². The molecule has 0 saturated carbocycles. The monoisotopic (exact) mass is 397 g/mol. The summed E-state index contributed by atoms with van der Waals surface area (Å²) in [6, 6.07) is 3.46. The molecule has 0 bridgehead atoms. The van der Waals surface area contributed by atoms with Gasteiger partial charge in [-0.3, -0.25) is 14.3 Å². The smallest absolute Gasteiger partial charge is 0.257 e. The second kappa shape index (κ2) is 8.23. The van der Waals surface area contributed by atoms with Crippen LogP contribution < -0.4 is 4.74 Å². The predicted molar refractivity (Wildman–Crippen MR) is 107 cm³/mol. The quantitative estimate of drug-likeness (QED) is 0.788. The number of ether oxygens (including phenoxy) is 1. The number of hydrogen-bond acceptors (Lipinski definition) is 5. The van der Waals surface area contributed by atoms with Crippen molar-refractivity contribution in [3.63, 3.8) is 0 Å². The van der Waals surface area contributed by atoms with Gasteiger partial charge in [-0.1, -0.05) is 0 Å². The summed E-state index contributed by atoms with van der Waals surface area (Å²) in [4.78, 5) is 33.5. The summed E-state index contributed by atoms with van der Waals surface area (Å²) in [6.07, 6.45) is 6.41. The molecule has 1 fully saturated rings. The zero-order valence-electron chi connectivity index (χ0n) is 17.0. The summed E-state index contributed by atoms with van der Waals surface area (Å²) in [6.45, 7) is 6.83. The number of carbonyl (C=O) groups excluding carboxylic acids is 2. The van der Waals surface area contributed by atoms with E-state index in [9.17, 15) is 9.59 Å². The van der Waals surface area contributed by atoms with E-state index in [1.165, 1.54) is 0 Å². The van der Waals surface area contributed by atoms with Gasteiger partial charge in [0.25, 0.3) is 11.8 Å². The van der Waals surface area contributed by atoms with Crippen LogP contribution in [0.15, 0.2) is 24.5 Å². The molecule has 2 aromatic heterocycles. The molecular weight excluding hydrogens is 370 g/mol. The fourth-order valence-corrected chi connectivity index (χ4v) is 3.88. The molecule has 2 aliphatic heterocycles. The van der Waals surface area contributed by atoms with E-state index >= 15 is 0 Å². The van der Waals surface area contributed by atoms with Crippen molar-refractivity contribution in [1.82, 2.24) is 24.6 Å². The molecule has 2 amide bonds. The maximum atomic E-state index is 13.0. The first-order chi connectivity index (χ1) is 14.0. The van der Waals surface area contributed by atoms with Crippen LogP contribution in [0, 0.1) is 0 Å². The maximum absolute atomic E-state index is 13.0. The third-order valence-corrected chi connectivity index (χ3v) is 5.41. The molecule has 8 nitrogen and oxygen atoms in total. The number of piperazine rings is 1. The molecule has 2 aromatic rings. The molecular formula is C21H27N5O3. The zero-order chi connectivity index (χ0) is 20.4. The number of hydrogen-bond donors (Lipinski definition) is 0. The van der Waals surface area contributed by atoms with Crippen LogP contribution in [0.1, 0.15) is 53.1 Å². The Morgan fingerprint density at radius 2 is 1.69 bits per heavy atom. The van der Waals surface area contributed by atoms with E-state index in [0.717, 1.165) is 37.1 Å². The molecule has 1 saturated heterocycles. The SMILES string of the molecule is CC(C)Oc1ccc(C(=O)N2CCN(C(=O)c3cnn4c3CCCC4)CC2)cn1. The minimum Gasteiger partial charge on any atom is -0.475 e. The maximum Gasteiger partial charge on any atom is 0.257 e. The van der Waals surface area contributed by atoms with Crippen LogP contribution in [0.25, 0.3) is 0 Å². The van der Waals surface area contributed by atoms with Gasteiger partial charge in [0.05, 0.1) is 29.1 Å². The number of aryl methyl sites for hydroxylation is 1. The molecule has 8 heteroatoms. The second-order valence-electron chi connectivity index (χ2n) is 7.82. The molecule has 0 aliphatic carbocycles. The topological polar surface area (TPSA) is 80.6 Å². The van der Waals surface area contributed by atoms with Gasteiger partial charge >= 0.3 is 0 Å². The van der Waals surface area contributed by atoms with Gasteiger partial charge in [0.15, 0.2) is 0 Å². The van der Waals surface area contributed by atoms with E-state index in [-0.39, 0.29) is 17.9 Å². The van der Waals surface area contributed by atoms with E-state index in [1.54, 1.807) is 29.4 Å². The average Bonchev–Trinajstić information content (AvgIpc) is 3.17. The van der Waals surface area contributed by atoms with Crippen molar-refractivity contribution >= 4 is 11.8 Å². The molecule has 0 spiro atoms. The number of nitrogens with zero attached hydrogens (tertiary/aromatic N) is 5. The van der Waals surface area contributed by atoms with Crippen molar-refractivity contribution in [1.29, 1.82) is 0 Å². The van der Waals surface area contributed by atoms with Crippen LogP contribution >= 0.6 is 0 Å². The normalized spacial score (nSPS) is 16.7. The van der Waals surface area contributed by atoms with Crippen molar-refractivity contribution in [3.8, 4) is 5.88 Å². The Morgan fingerprint density at radius 3 is 2.34 bits per heavy atom. The number of aromatic nitrogens is 3. The molecule has 154 valence electrons.